The maximum absolute atomic E-state index is 12.8. The number of hydrogen-bond donors (Lipinski definition) is 2. The average molecular weight is 289 g/mol. The number of carboxylic acid groups (broad SMARTS) is 1. The highest BCUT2D eigenvalue weighted by molar-refractivity contribution is 5.79. The molecule has 0 saturated heterocycles. The fourth-order valence-corrected chi connectivity index (χ4v) is 2.13. The number of anilines is 1. The summed E-state index contributed by atoms with van der Waals surface area (Å²) in [6.07, 6.45) is -4.59. The van der Waals surface area contributed by atoms with Gasteiger partial charge in [0.15, 0.2) is 0 Å². The number of rotatable bonds is 4. The topological polar surface area (TPSA) is 63.3 Å². The molecule has 20 heavy (non-hydrogen) atoms. The van der Waals surface area contributed by atoms with E-state index in [4.69, 9.17) is 5.73 Å². The van der Waals surface area contributed by atoms with Gasteiger partial charge in [-0.3, -0.25) is 4.79 Å². The van der Waals surface area contributed by atoms with E-state index in [-0.39, 0.29) is 17.4 Å². The van der Waals surface area contributed by atoms with Crippen LogP contribution < -0.4 is 5.73 Å². The van der Waals surface area contributed by atoms with E-state index in [0.29, 0.717) is 0 Å². The minimum atomic E-state index is -4.59. The molecule has 0 aliphatic heterocycles. The first-order valence-corrected chi connectivity index (χ1v) is 6.25. The van der Waals surface area contributed by atoms with Crippen molar-refractivity contribution in [3.8, 4) is 0 Å². The summed E-state index contributed by atoms with van der Waals surface area (Å²) in [5, 5.41) is 9.33. The summed E-state index contributed by atoms with van der Waals surface area (Å²) in [6, 6.07) is 3.40. The maximum atomic E-state index is 12.8. The van der Waals surface area contributed by atoms with Crippen LogP contribution in [0.4, 0.5) is 18.9 Å². The zero-order valence-electron chi connectivity index (χ0n) is 11.5. The monoisotopic (exact) mass is 289 g/mol. The second kappa shape index (κ2) is 5.73. The fraction of sp³-hybridized carbons (Fsp3) is 0.500. The van der Waals surface area contributed by atoms with E-state index >= 15 is 0 Å². The van der Waals surface area contributed by atoms with Crippen LogP contribution in [0, 0.1) is 11.8 Å². The smallest absolute Gasteiger partial charge is 0.418 e. The van der Waals surface area contributed by atoms with Crippen LogP contribution in [-0.4, -0.2) is 11.1 Å². The van der Waals surface area contributed by atoms with E-state index in [2.05, 4.69) is 0 Å². The number of hydrogen-bond acceptors (Lipinski definition) is 2. The highest BCUT2D eigenvalue weighted by Crippen LogP contribution is 2.40. The van der Waals surface area contributed by atoms with Crippen LogP contribution in [0.25, 0.3) is 0 Å². The highest BCUT2D eigenvalue weighted by atomic mass is 19.4. The molecule has 0 saturated carbocycles. The van der Waals surface area contributed by atoms with Crippen molar-refractivity contribution in [2.75, 3.05) is 5.73 Å². The molecule has 0 bridgehead atoms. The van der Waals surface area contributed by atoms with Gasteiger partial charge in [0.05, 0.1) is 11.5 Å². The van der Waals surface area contributed by atoms with Crippen molar-refractivity contribution in [1.82, 2.24) is 0 Å². The molecule has 0 fully saturated rings. The van der Waals surface area contributed by atoms with Gasteiger partial charge in [0.25, 0.3) is 0 Å². The van der Waals surface area contributed by atoms with E-state index in [1.165, 1.54) is 12.1 Å². The lowest BCUT2D eigenvalue weighted by atomic mass is 9.79. The van der Waals surface area contributed by atoms with E-state index in [1.54, 1.807) is 6.92 Å². The maximum Gasteiger partial charge on any atom is 0.418 e. The first-order valence-electron chi connectivity index (χ1n) is 6.25. The molecule has 1 aromatic carbocycles. The Balaban J connectivity index is 3.40. The number of halogens is 3. The molecule has 1 rings (SSSR count). The van der Waals surface area contributed by atoms with Crippen LogP contribution in [0.15, 0.2) is 18.2 Å². The number of nitrogen functional groups attached to an aromatic ring is 1. The SMILES string of the molecule is CC(C)C(C)C(C(=O)O)c1cccc(C(F)(F)F)c1N. The Hall–Kier alpha value is -1.72. The minimum absolute atomic E-state index is 0.00467. The molecule has 0 radical (unpaired) electrons. The number of aliphatic carboxylic acids is 1. The standard InChI is InChI=1S/C14H18F3NO2/c1-7(2)8(3)11(13(19)20)9-5-4-6-10(12(9)18)14(15,16)17/h4-8,11H,18H2,1-3H3,(H,19,20). The van der Waals surface area contributed by atoms with Gasteiger partial charge in [-0.05, 0) is 23.5 Å². The highest BCUT2D eigenvalue weighted by Gasteiger charge is 2.37. The van der Waals surface area contributed by atoms with E-state index < -0.39 is 29.3 Å². The van der Waals surface area contributed by atoms with Crippen molar-refractivity contribution in [1.29, 1.82) is 0 Å². The number of alkyl halides is 3. The van der Waals surface area contributed by atoms with Crippen molar-refractivity contribution < 1.29 is 23.1 Å². The molecule has 0 amide bonds. The summed E-state index contributed by atoms with van der Waals surface area (Å²) >= 11 is 0. The van der Waals surface area contributed by atoms with Gasteiger partial charge in [0.1, 0.15) is 0 Å². The van der Waals surface area contributed by atoms with Gasteiger partial charge in [0, 0.05) is 5.69 Å². The lowest BCUT2D eigenvalue weighted by molar-refractivity contribution is -0.141. The first kappa shape index (κ1) is 16.3. The van der Waals surface area contributed by atoms with E-state index in [9.17, 15) is 23.1 Å². The van der Waals surface area contributed by atoms with E-state index in [0.717, 1.165) is 6.07 Å². The Bertz CT molecular complexity index is 498. The van der Waals surface area contributed by atoms with E-state index in [1.807, 2.05) is 13.8 Å². The zero-order valence-corrected chi connectivity index (χ0v) is 11.5. The third kappa shape index (κ3) is 3.23. The number of carboxylic acids is 1. The van der Waals surface area contributed by atoms with Crippen molar-refractivity contribution in [3.63, 3.8) is 0 Å². The Labute approximate surface area is 115 Å². The predicted octanol–water partition coefficient (Wildman–Crippen LogP) is 3.75. The molecular weight excluding hydrogens is 271 g/mol. The summed E-state index contributed by atoms with van der Waals surface area (Å²) < 4.78 is 38.5. The normalized spacial score (nSPS) is 15.2. The Morgan fingerprint density at radius 2 is 1.80 bits per heavy atom. The van der Waals surface area contributed by atoms with Gasteiger partial charge in [-0.25, -0.2) is 0 Å². The predicted molar refractivity (Wildman–Crippen MR) is 70.2 cm³/mol. The Morgan fingerprint density at radius 3 is 2.20 bits per heavy atom. The minimum Gasteiger partial charge on any atom is -0.481 e. The van der Waals surface area contributed by atoms with Gasteiger partial charge >= 0.3 is 12.1 Å². The van der Waals surface area contributed by atoms with Crippen LogP contribution in [-0.2, 0) is 11.0 Å². The second-order valence-electron chi connectivity index (χ2n) is 5.23. The third-order valence-corrected chi connectivity index (χ3v) is 3.62. The Kier molecular flexibility index (Phi) is 4.68. The largest absolute Gasteiger partial charge is 0.481 e. The molecule has 6 heteroatoms. The van der Waals surface area contributed by atoms with Gasteiger partial charge in [0.2, 0.25) is 0 Å². The molecule has 2 atom stereocenters. The fourth-order valence-electron chi connectivity index (χ4n) is 2.13. The summed E-state index contributed by atoms with van der Waals surface area (Å²) in [5.74, 6) is -2.56. The second-order valence-corrected chi connectivity index (χ2v) is 5.23. The zero-order chi connectivity index (χ0) is 15.7. The van der Waals surface area contributed by atoms with Crippen molar-refractivity contribution in [3.05, 3.63) is 29.3 Å². The molecule has 0 aliphatic rings. The summed E-state index contributed by atoms with van der Waals surface area (Å²) in [4.78, 5) is 11.4. The lowest BCUT2D eigenvalue weighted by Crippen LogP contribution is -2.25. The van der Waals surface area contributed by atoms with Crippen LogP contribution in [0.5, 0.6) is 0 Å². The van der Waals surface area contributed by atoms with Crippen LogP contribution in [0.3, 0.4) is 0 Å². The molecular formula is C14H18F3NO2. The van der Waals surface area contributed by atoms with Gasteiger partial charge in [-0.1, -0.05) is 32.9 Å². The van der Waals surface area contributed by atoms with Crippen molar-refractivity contribution in [2.24, 2.45) is 11.8 Å². The van der Waals surface area contributed by atoms with Gasteiger partial charge < -0.3 is 10.8 Å². The van der Waals surface area contributed by atoms with Crippen LogP contribution in [0.2, 0.25) is 0 Å². The lowest BCUT2D eigenvalue weighted by Gasteiger charge is -2.26. The molecule has 0 heterocycles. The number of nitrogens with two attached hydrogens (primary N) is 1. The number of para-hydroxylation sites is 1. The molecule has 0 aliphatic carbocycles. The Morgan fingerprint density at radius 1 is 1.25 bits per heavy atom. The van der Waals surface area contributed by atoms with Gasteiger partial charge in [-0.2, -0.15) is 13.2 Å². The molecule has 1 aromatic rings. The quantitative estimate of drug-likeness (QED) is 0.830. The number of benzene rings is 1. The van der Waals surface area contributed by atoms with Crippen LogP contribution >= 0.6 is 0 Å². The summed E-state index contributed by atoms with van der Waals surface area (Å²) in [7, 11) is 0. The average Bonchev–Trinajstić information content (AvgIpc) is 2.29. The molecule has 112 valence electrons. The van der Waals surface area contributed by atoms with Crippen molar-refractivity contribution >= 4 is 11.7 Å². The first-order chi connectivity index (χ1) is 9.07. The van der Waals surface area contributed by atoms with Crippen LogP contribution in [0.1, 0.15) is 37.8 Å². The number of carbonyl (C=O) groups is 1. The molecule has 3 N–H and O–H groups in total. The molecule has 0 spiro atoms. The van der Waals surface area contributed by atoms with Crippen molar-refractivity contribution in [2.45, 2.75) is 32.9 Å². The summed E-state index contributed by atoms with van der Waals surface area (Å²) in [5.41, 5.74) is 4.10. The molecule has 2 unspecified atom stereocenters. The van der Waals surface area contributed by atoms with Gasteiger partial charge in [-0.15, -0.1) is 0 Å². The molecule has 0 aromatic heterocycles. The molecule has 3 nitrogen and oxygen atoms in total. The third-order valence-electron chi connectivity index (χ3n) is 3.62. The summed E-state index contributed by atoms with van der Waals surface area (Å²) in [6.45, 7) is 5.35.